The molecule has 0 spiro atoms. The number of hydrogen-bond donors (Lipinski definition) is 1. The summed E-state index contributed by atoms with van der Waals surface area (Å²) in [5, 5.41) is 25.5. The molecule has 1 amide bonds. The third kappa shape index (κ3) is 4.09. The summed E-state index contributed by atoms with van der Waals surface area (Å²) in [7, 11) is 1.41. The maximum atomic E-state index is 12.9. The van der Waals surface area contributed by atoms with Gasteiger partial charge in [-0.25, -0.2) is 4.79 Å². The Hall–Kier alpha value is -4.73. The molecule has 0 saturated carbocycles. The summed E-state index contributed by atoms with van der Waals surface area (Å²) in [4.78, 5) is 34.4. The normalized spacial score (nSPS) is 14.5. The Kier molecular flexibility index (Phi) is 5.49. The third-order valence-corrected chi connectivity index (χ3v) is 5.00. The minimum Gasteiger partial charge on any atom is -0.496 e. The summed E-state index contributed by atoms with van der Waals surface area (Å²) in [6, 6.07) is 13.3. The fourth-order valence-electron chi connectivity index (χ4n) is 3.32. The van der Waals surface area contributed by atoms with Crippen LogP contribution in [0.1, 0.15) is 23.0 Å². The number of hydrogen-bond acceptors (Lipinski definition) is 7. The van der Waals surface area contributed by atoms with E-state index in [0.29, 0.717) is 34.1 Å². The molecule has 0 saturated heterocycles. The highest BCUT2D eigenvalue weighted by atomic mass is 16.6. The van der Waals surface area contributed by atoms with Gasteiger partial charge in [-0.2, -0.15) is 10.1 Å². The Labute approximate surface area is 187 Å². The first-order chi connectivity index (χ1) is 15.8. The highest BCUT2D eigenvalue weighted by Crippen LogP contribution is 2.35. The number of nitro benzene ring substituents is 1. The monoisotopic (exact) mass is 447 g/mol. The molecular weight excluding hydrogens is 430 g/mol. The molecule has 0 fully saturated rings. The molecule has 0 unspecified atom stereocenters. The van der Waals surface area contributed by atoms with Gasteiger partial charge in [-0.3, -0.25) is 14.9 Å². The molecule has 1 N–H and O–H groups in total. The van der Waals surface area contributed by atoms with E-state index in [1.807, 2.05) is 0 Å². The van der Waals surface area contributed by atoms with E-state index in [0.717, 1.165) is 0 Å². The average Bonchev–Trinajstić information content (AvgIpc) is 3.38. The van der Waals surface area contributed by atoms with Gasteiger partial charge in [0.2, 0.25) is 0 Å². The number of methoxy groups -OCH3 is 1. The SMILES string of the molecule is COc1cc([N+](=O)[O-])ccc1-c1ccc(/C=C2\C(=O)N(c3ccc(C(=O)O)cc3)N=C2C)o1. The predicted octanol–water partition coefficient (Wildman–Crippen LogP) is 4.37. The van der Waals surface area contributed by atoms with Crippen molar-refractivity contribution in [2.24, 2.45) is 5.10 Å². The molecule has 1 aliphatic heterocycles. The van der Waals surface area contributed by atoms with E-state index in [1.165, 1.54) is 54.6 Å². The van der Waals surface area contributed by atoms with Gasteiger partial charge < -0.3 is 14.3 Å². The van der Waals surface area contributed by atoms with Gasteiger partial charge in [-0.15, -0.1) is 0 Å². The molecule has 10 heteroatoms. The fraction of sp³-hybridized carbons (Fsp3) is 0.0870. The fourth-order valence-corrected chi connectivity index (χ4v) is 3.32. The third-order valence-electron chi connectivity index (χ3n) is 5.00. The van der Waals surface area contributed by atoms with E-state index in [9.17, 15) is 19.7 Å². The number of amides is 1. The van der Waals surface area contributed by atoms with Gasteiger partial charge in [0.1, 0.15) is 17.3 Å². The number of aromatic carboxylic acids is 1. The largest absolute Gasteiger partial charge is 0.496 e. The molecule has 33 heavy (non-hydrogen) atoms. The van der Waals surface area contributed by atoms with Crippen LogP contribution >= 0.6 is 0 Å². The molecule has 1 aromatic heterocycles. The van der Waals surface area contributed by atoms with E-state index in [2.05, 4.69) is 5.10 Å². The van der Waals surface area contributed by atoms with E-state index in [-0.39, 0.29) is 22.9 Å². The number of hydrazone groups is 1. The van der Waals surface area contributed by atoms with Crippen LogP contribution in [-0.2, 0) is 4.79 Å². The number of furan rings is 1. The number of nitro groups is 1. The van der Waals surface area contributed by atoms with Crippen LogP contribution in [0.15, 0.2) is 69.7 Å². The molecule has 4 rings (SSSR count). The minimum atomic E-state index is -1.06. The number of benzene rings is 2. The summed E-state index contributed by atoms with van der Waals surface area (Å²) in [6.07, 6.45) is 1.55. The first kappa shape index (κ1) is 21.5. The molecule has 2 aromatic carbocycles. The molecular formula is C23H17N3O7. The maximum Gasteiger partial charge on any atom is 0.335 e. The summed E-state index contributed by atoms with van der Waals surface area (Å²) in [5.41, 5.74) is 1.73. The molecule has 2 heterocycles. The van der Waals surface area contributed by atoms with Crippen molar-refractivity contribution in [2.45, 2.75) is 6.92 Å². The zero-order valence-corrected chi connectivity index (χ0v) is 17.5. The summed E-state index contributed by atoms with van der Waals surface area (Å²) in [5.74, 6) is -0.376. The molecule has 166 valence electrons. The summed E-state index contributed by atoms with van der Waals surface area (Å²) < 4.78 is 11.1. The number of carboxylic acid groups (broad SMARTS) is 1. The van der Waals surface area contributed by atoms with Gasteiger partial charge in [-0.1, -0.05) is 0 Å². The highest BCUT2D eigenvalue weighted by molar-refractivity contribution is 6.32. The van der Waals surface area contributed by atoms with Gasteiger partial charge in [0.15, 0.2) is 0 Å². The van der Waals surface area contributed by atoms with Crippen LogP contribution in [0.5, 0.6) is 5.75 Å². The topological polar surface area (TPSA) is 135 Å². The second-order valence-corrected chi connectivity index (χ2v) is 7.06. The van der Waals surface area contributed by atoms with Crippen LogP contribution in [-0.4, -0.2) is 34.7 Å². The van der Waals surface area contributed by atoms with Gasteiger partial charge in [0.25, 0.3) is 11.6 Å². The number of non-ortho nitro benzene ring substituents is 1. The lowest BCUT2D eigenvalue weighted by atomic mass is 10.1. The average molecular weight is 447 g/mol. The predicted molar refractivity (Wildman–Crippen MR) is 119 cm³/mol. The Morgan fingerprint density at radius 2 is 1.91 bits per heavy atom. The number of carbonyl (C=O) groups is 2. The number of carbonyl (C=O) groups excluding carboxylic acids is 1. The maximum absolute atomic E-state index is 12.9. The summed E-state index contributed by atoms with van der Waals surface area (Å²) >= 11 is 0. The number of rotatable bonds is 6. The number of carboxylic acids is 1. The van der Waals surface area contributed by atoms with Gasteiger partial charge >= 0.3 is 5.97 Å². The zero-order valence-electron chi connectivity index (χ0n) is 17.5. The molecule has 0 bridgehead atoms. The van der Waals surface area contributed by atoms with E-state index in [1.54, 1.807) is 25.1 Å². The Balaban J connectivity index is 1.61. The van der Waals surface area contributed by atoms with Gasteiger partial charge in [0.05, 0.1) is 46.2 Å². The number of anilines is 1. The van der Waals surface area contributed by atoms with Crippen LogP contribution in [0.3, 0.4) is 0 Å². The van der Waals surface area contributed by atoms with Crippen LogP contribution in [0.4, 0.5) is 11.4 Å². The molecule has 10 nitrogen and oxygen atoms in total. The van der Waals surface area contributed by atoms with Crippen molar-refractivity contribution in [3.8, 4) is 17.1 Å². The molecule has 3 aromatic rings. The van der Waals surface area contributed by atoms with Gasteiger partial charge in [0, 0.05) is 6.07 Å². The second kappa shape index (κ2) is 8.42. The Morgan fingerprint density at radius 3 is 2.55 bits per heavy atom. The van der Waals surface area contributed by atoms with Crippen LogP contribution < -0.4 is 9.75 Å². The smallest absolute Gasteiger partial charge is 0.335 e. The van der Waals surface area contributed by atoms with Crippen LogP contribution in [0, 0.1) is 10.1 Å². The standard InChI is InChI=1S/C23H17N3O7/c1-13-19(22(27)25(24-13)15-5-3-14(4-6-15)23(28)29)12-17-8-10-20(33-17)18-9-7-16(26(30)31)11-21(18)32-2/h3-12H,1-2H3,(H,28,29)/b19-12-. The molecule has 0 radical (unpaired) electrons. The number of ether oxygens (including phenoxy) is 1. The Bertz CT molecular complexity index is 1340. The minimum absolute atomic E-state index is 0.103. The lowest BCUT2D eigenvalue weighted by molar-refractivity contribution is -0.384. The molecule has 0 atom stereocenters. The van der Waals surface area contributed by atoms with E-state index in [4.69, 9.17) is 14.3 Å². The van der Waals surface area contributed by atoms with Crippen molar-refractivity contribution in [1.29, 1.82) is 0 Å². The molecule has 0 aliphatic carbocycles. The lowest BCUT2D eigenvalue weighted by Crippen LogP contribution is -2.21. The van der Waals surface area contributed by atoms with Crippen molar-refractivity contribution in [3.05, 3.63) is 81.6 Å². The van der Waals surface area contributed by atoms with Crippen molar-refractivity contribution in [2.75, 3.05) is 12.1 Å². The lowest BCUT2D eigenvalue weighted by Gasteiger charge is -2.11. The molecule has 1 aliphatic rings. The van der Waals surface area contributed by atoms with E-state index < -0.39 is 10.9 Å². The first-order valence-electron chi connectivity index (χ1n) is 9.66. The van der Waals surface area contributed by atoms with Crippen molar-refractivity contribution >= 4 is 35.0 Å². The van der Waals surface area contributed by atoms with E-state index >= 15 is 0 Å². The highest BCUT2D eigenvalue weighted by Gasteiger charge is 2.29. The number of nitrogens with zero attached hydrogens (tertiary/aromatic N) is 3. The quantitative estimate of drug-likeness (QED) is 0.337. The zero-order chi connectivity index (χ0) is 23.7. The second-order valence-electron chi connectivity index (χ2n) is 7.06. The van der Waals surface area contributed by atoms with Crippen molar-refractivity contribution in [1.82, 2.24) is 0 Å². The van der Waals surface area contributed by atoms with Gasteiger partial charge in [-0.05, 0) is 55.5 Å². The van der Waals surface area contributed by atoms with Crippen LogP contribution in [0.25, 0.3) is 17.4 Å². The van der Waals surface area contributed by atoms with Crippen LogP contribution in [0.2, 0.25) is 0 Å². The summed E-state index contributed by atoms with van der Waals surface area (Å²) in [6.45, 7) is 1.68. The Morgan fingerprint density at radius 1 is 1.18 bits per heavy atom. The van der Waals surface area contributed by atoms with Crippen molar-refractivity contribution in [3.63, 3.8) is 0 Å². The first-order valence-corrected chi connectivity index (χ1v) is 9.66. The van der Waals surface area contributed by atoms with Crippen molar-refractivity contribution < 1.29 is 28.8 Å².